The van der Waals surface area contributed by atoms with Crippen LogP contribution >= 0.6 is 15.9 Å². The minimum Gasteiger partial charge on any atom is -0.315 e. The summed E-state index contributed by atoms with van der Waals surface area (Å²) in [5.41, 5.74) is 1.39. The molecule has 2 N–H and O–H groups in total. The van der Waals surface area contributed by atoms with Crippen molar-refractivity contribution in [2.45, 2.75) is 18.9 Å². The molecule has 2 nitrogen and oxygen atoms in total. The van der Waals surface area contributed by atoms with Crippen molar-refractivity contribution in [2.75, 3.05) is 19.6 Å². The molecule has 1 aromatic rings. The van der Waals surface area contributed by atoms with Crippen molar-refractivity contribution >= 4 is 15.9 Å². The quantitative estimate of drug-likeness (QED) is 0.873. The number of nitrogens with one attached hydrogen (secondary N) is 2. The van der Waals surface area contributed by atoms with Crippen LogP contribution in [0.4, 0.5) is 0 Å². The first-order valence-electron chi connectivity index (χ1n) is 5.53. The van der Waals surface area contributed by atoms with E-state index >= 15 is 0 Å². The fourth-order valence-corrected chi connectivity index (χ4v) is 2.39. The van der Waals surface area contributed by atoms with Crippen LogP contribution in [0.15, 0.2) is 28.7 Å². The Kier molecular flexibility index (Phi) is 4.18. The third-order valence-electron chi connectivity index (χ3n) is 2.80. The number of hydrogen-bond acceptors (Lipinski definition) is 2. The molecule has 0 radical (unpaired) electrons. The highest BCUT2D eigenvalue weighted by atomic mass is 79.9. The molecule has 0 amide bonds. The molecular formula is C12H17BrN2. The summed E-state index contributed by atoms with van der Waals surface area (Å²) in [4.78, 5) is 0. The Morgan fingerprint density at radius 2 is 2.40 bits per heavy atom. The van der Waals surface area contributed by atoms with Crippen molar-refractivity contribution in [1.29, 1.82) is 0 Å². The maximum Gasteiger partial charge on any atom is 0.0204 e. The molecule has 1 aromatic carbocycles. The van der Waals surface area contributed by atoms with Gasteiger partial charge < -0.3 is 10.6 Å². The zero-order chi connectivity index (χ0) is 10.5. The SMILES string of the molecule is Brc1cccc(CCNC2CCNC2)c1. The van der Waals surface area contributed by atoms with E-state index in [2.05, 4.69) is 50.8 Å². The van der Waals surface area contributed by atoms with E-state index in [9.17, 15) is 0 Å². The second kappa shape index (κ2) is 5.64. The number of benzene rings is 1. The third-order valence-corrected chi connectivity index (χ3v) is 3.29. The van der Waals surface area contributed by atoms with Gasteiger partial charge in [0.25, 0.3) is 0 Å². The van der Waals surface area contributed by atoms with Gasteiger partial charge in [-0.3, -0.25) is 0 Å². The number of hydrogen-bond donors (Lipinski definition) is 2. The molecule has 0 aliphatic carbocycles. The minimum absolute atomic E-state index is 0.678. The van der Waals surface area contributed by atoms with Crippen LogP contribution in [0.25, 0.3) is 0 Å². The van der Waals surface area contributed by atoms with E-state index in [0.29, 0.717) is 6.04 Å². The van der Waals surface area contributed by atoms with Crippen LogP contribution in [0.1, 0.15) is 12.0 Å². The molecule has 1 heterocycles. The van der Waals surface area contributed by atoms with Gasteiger partial charge in [-0.1, -0.05) is 28.1 Å². The molecule has 1 aliphatic rings. The summed E-state index contributed by atoms with van der Waals surface area (Å²) in [7, 11) is 0. The predicted molar refractivity (Wildman–Crippen MR) is 67.1 cm³/mol. The summed E-state index contributed by atoms with van der Waals surface area (Å²) in [6.45, 7) is 3.36. The molecular weight excluding hydrogens is 252 g/mol. The fraction of sp³-hybridized carbons (Fsp3) is 0.500. The van der Waals surface area contributed by atoms with Gasteiger partial charge in [0, 0.05) is 17.1 Å². The van der Waals surface area contributed by atoms with Crippen molar-refractivity contribution in [3.8, 4) is 0 Å². The number of halogens is 1. The molecule has 1 atom stereocenters. The molecule has 1 unspecified atom stereocenters. The van der Waals surface area contributed by atoms with Crippen LogP contribution < -0.4 is 10.6 Å². The lowest BCUT2D eigenvalue weighted by molar-refractivity contribution is 0.550. The minimum atomic E-state index is 0.678. The molecule has 0 aromatic heterocycles. The monoisotopic (exact) mass is 268 g/mol. The van der Waals surface area contributed by atoms with Gasteiger partial charge in [0.1, 0.15) is 0 Å². The molecule has 82 valence electrons. The molecule has 0 bridgehead atoms. The summed E-state index contributed by atoms with van der Waals surface area (Å²) in [5, 5.41) is 6.93. The molecule has 1 fully saturated rings. The van der Waals surface area contributed by atoms with Crippen molar-refractivity contribution < 1.29 is 0 Å². The van der Waals surface area contributed by atoms with E-state index in [0.717, 1.165) is 26.1 Å². The van der Waals surface area contributed by atoms with Gasteiger partial charge in [-0.15, -0.1) is 0 Å². The highest BCUT2D eigenvalue weighted by Gasteiger charge is 2.12. The van der Waals surface area contributed by atoms with Crippen LogP contribution in [0.2, 0.25) is 0 Å². The summed E-state index contributed by atoms with van der Waals surface area (Å²) < 4.78 is 1.17. The van der Waals surface area contributed by atoms with Crippen LogP contribution in [-0.2, 0) is 6.42 Å². The largest absolute Gasteiger partial charge is 0.315 e. The Balaban J connectivity index is 1.73. The summed E-state index contributed by atoms with van der Waals surface area (Å²) >= 11 is 3.49. The van der Waals surface area contributed by atoms with Gasteiger partial charge in [0.15, 0.2) is 0 Å². The maximum absolute atomic E-state index is 3.57. The first-order chi connectivity index (χ1) is 7.34. The molecule has 15 heavy (non-hydrogen) atoms. The predicted octanol–water partition coefficient (Wildman–Crippen LogP) is 1.94. The topological polar surface area (TPSA) is 24.1 Å². The van der Waals surface area contributed by atoms with Crippen molar-refractivity contribution in [3.05, 3.63) is 34.3 Å². The van der Waals surface area contributed by atoms with Gasteiger partial charge in [-0.25, -0.2) is 0 Å². The lowest BCUT2D eigenvalue weighted by Gasteiger charge is -2.10. The average molecular weight is 269 g/mol. The van der Waals surface area contributed by atoms with Crippen LogP contribution in [-0.4, -0.2) is 25.7 Å². The Bertz CT molecular complexity index is 308. The molecule has 3 heteroatoms. The first-order valence-corrected chi connectivity index (χ1v) is 6.32. The van der Waals surface area contributed by atoms with E-state index in [1.54, 1.807) is 0 Å². The highest BCUT2D eigenvalue weighted by molar-refractivity contribution is 9.10. The van der Waals surface area contributed by atoms with Crippen LogP contribution in [0.5, 0.6) is 0 Å². The normalized spacial score (nSPS) is 20.7. The summed E-state index contributed by atoms with van der Waals surface area (Å²) in [6, 6.07) is 9.21. The van der Waals surface area contributed by atoms with Gasteiger partial charge in [0.2, 0.25) is 0 Å². The third kappa shape index (κ3) is 3.59. The highest BCUT2D eigenvalue weighted by Crippen LogP contribution is 2.11. The van der Waals surface area contributed by atoms with Crippen molar-refractivity contribution in [1.82, 2.24) is 10.6 Å². The molecule has 1 aliphatic heterocycles. The van der Waals surface area contributed by atoms with Gasteiger partial charge in [-0.05, 0) is 43.6 Å². The molecule has 0 spiro atoms. The lowest BCUT2D eigenvalue weighted by atomic mass is 10.1. The van der Waals surface area contributed by atoms with E-state index in [-0.39, 0.29) is 0 Å². The summed E-state index contributed by atoms with van der Waals surface area (Å²) in [5.74, 6) is 0. The van der Waals surface area contributed by atoms with Crippen molar-refractivity contribution in [3.63, 3.8) is 0 Å². The maximum atomic E-state index is 3.57. The van der Waals surface area contributed by atoms with E-state index in [1.807, 2.05) is 0 Å². The lowest BCUT2D eigenvalue weighted by Crippen LogP contribution is -2.32. The van der Waals surface area contributed by atoms with Crippen LogP contribution in [0, 0.1) is 0 Å². The van der Waals surface area contributed by atoms with E-state index in [1.165, 1.54) is 16.5 Å². The summed E-state index contributed by atoms with van der Waals surface area (Å²) in [6.07, 6.45) is 2.37. The molecule has 0 saturated carbocycles. The van der Waals surface area contributed by atoms with E-state index < -0.39 is 0 Å². The standard InChI is InChI=1S/C12H17BrN2/c13-11-3-1-2-10(8-11)4-7-15-12-5-6-14-9-12/h1-3,8,12,14-15H,4-7,9H2. The molecule has 1 saturated heterocycles. The average Bonchev–Trinajstić information content (AvgIpc) is 2.71. The van der Waals surface area contributed by atoms with Crippen molar-refractivity contribution in [2.24, 2.45) is 0 Å². The number of rotatable bonds is 4. The zero-order valence-corrected chi connectivity index (χ0v) is 10.4. The van der Waals surface area contributed by atoms with Gasteiger partial charge in [0.05, 0.1) is 0 Å². The fourth-order valence-electron chi connectivity index (χ4n) is 1.94. The molecule has 2 rings (SSSR count). The van der Waals surface area contributed by atoms with Gasteiger partial charge >= 0.3 is 0 Å². The first kappa shape index (κ1) is 11.1. The smallest absolute Gasteiger partial charge is 0.0204 e. The Hall–Kier alpha value is -0.380. The van der Waals surface area contributed by atoms with E-state index in [4.69, 9.17) is 0 Å². The Labute approximate surface area is 99.6 Å². The second-order valence-corrected chi connectivity index (χ2v) is 4.94. The van der Waals surface area contributed by atoms with Gasteiger partial charge in [-0.2, -0.15) is 0 Å². The van der Waals surface area contributed by atoms with Crippen LogP contribution in [0.3, 0.4) is 0 Å². The Morgan fingerprint density at radius 1 is 1.47 bits per heavy atom. The zero-order valence-electron chi connectivity index (χ0n) is 8.80. The Morgan fingerprint density at radius 3 is 3.13 bits per heavy atom. The second-order valence-electron chi connectivity index (χ2n) is 4.02.